The Balaban J connectivity index is 1.96. The average Bonchev–Trinajstić information content (AvgIpc) is 2.73. The molecule has 1 amide bonds. The number of nitrogens with one attached hydrogen (secondary N) is 1. The van der Waals surface area contributed by atoms with Gasteiger partial charge in [-0.3, -0.25) is 14.2 Å². The van der Waals surface area contributed by atoms with Gasteiger partial charge < -0.3 is 10.1 Å². The molecule has 0 fully saturated rings. The molecule has 152 valence electrons. The molecule has 2 aromatic heterocycles. The maximum absolute atomic E-state index is 13.0. The maximum atomic E-state index is 13.0. The highest BCUT2D eigenvalue weighted by Crippen LogP contribution is 2.24. The number of fused-ring (bicyclic) bond motifs is 1. The van der Waals surface area contributed by atoms with Gasteiger partial charge in [0.1, 0.15) is 23.5 Å². The predicted octanol–water partition coefficient (Wildman–Crippen LogP) is 1.12. The summed E-state index contributed by atoms with van der Waals surface area (Å²) in [7, 11) is 2.92. The van der Waals surface area contributed by atoms with Crippen molar-refractivity contribution in [1.29, 1.82) is 0 Å². The fraction of sp³-hybridized carbons (Fsp3) is 0.300. The second kappa shape index (κ2) is 8.26. The minimum Gasteiger partial charge on any atom is -0.495 e. The molecule has 0 saturated carbocycles. The summed E-state index contributed by atoms with van der Waals surface area (Å²) in [4.78, 5) is 42.2. The van der Waals surface area contributed by atoms with Crippen LogP contribution in [0.1, 0.15) is 18.1 Å². The Morgan fingerprint density at radius 2 is 1.93 bits per heavy atom. The molecule has 9 heteroatoms. The van der Waals surface area contributed by atoms with Crippen molar-refractivity contribution in [3.63, 3.8) is 0 Å². The molecule has 2 heterocycles. The molecule has 0 aliphatic carbocycles. The fourth-order valence-corrected chi connectivity index (χ4v) is 3.09. The van der Waals surface area contributed by atoms with Crippen LogP contribution in [0, 0.1) is 5.82 Å². The number of benzene rings is 1. The lowest BCUT2D eigenvalue weighted by atomic mass is 10.1. The summed E-state index contributed by atoms with van der Waals surface area (Å²) in [5.74, 6) is -0.551. The van der Waals surface area contributed by atoms with Gasteiger partial charge in [0.15, 0.2) is 5.65 Å². The summed E-state index contributed by atoms with van der Waals surface area (Å²) in [6.07, 6.45) is 2.16. The zero-order valence-electron chi connectivity index (χ0n) is 16.4. The smallest absolute Gasteiger partial charge is 0.332 e. The lowest BCUT2D eigenvalue weighted by molar-refractivity contribution is -0.121. The molecule has 0 bridgehead atoms. The number of carbonyl (C=O) groups excluding carboxylic acids is 1. The number of pyridine rings is 1. The zero-order valence-corrected chi connectivity index (χ0v) is 16.4. The molecule has 3 rings (SSSR count). The summed E-state index contributed by atoms with van der Waals surface area (Å²) in [6.45, 7) is 1.59. The molecule has 0 aliphatic rings. The van der Waals surface area contributed by atoms with Crippen molar-refractivity contribution in [2.24, 2.45) is 7.05 Å². The third-order valence-electron chi connectivity index (χ3n) is 4.67. The van der Waals surface area contributed by atoms with Crippen LogP contribution in [0.4, 0.5) is 4.39 Å². The molecule has 3 aromatic rings. The van der Waals surface area contributed by atoms with Crippen LogP contribution in [0.15, 0.2) is 40.1 Å². The van der Waals surface area contributed by atoms with Gasteiger partial charge in [-0.25, -0.2) is 18.7 Å². The van der Waals surface area contributed by atoms with Crippen molar-refractivity contribution >= 4 is 16.9 Å². The van der Waals surface area contributed by atoms with Gasteiger partial charge in [0.2, 0.25) is 5.91 Å². The Labute approximate surface area is 165 Å². The van der Waals surface area contributed by atoms with Gasteiger partial charge >= 0.3 is 5.69 Å². The van der Waals surface area contributed by atoms with Crippen molar-refractivity contribution in [3.8, 4) is 5.75 Å². The van der Waals surface area contributed by atoms with Crippen LogP contribution in [0.5, 0.6) is 5.75 Å². The number of nitrogens with zero attached hydrogens (tertiary/aromatic N) is 3. The minimum absolute atomic E-state index is 0.145. The van der Waals surface area contributed by atoms with Gasteiger partial charge in [-0.2, -0.15) is 0 Å². The topological polar surface area (TPSA) is 95.2 Å². The van der Waals surface area contributed by atoms with Crippen molar-refractivity contribution in [2.75, 3.05) is 7.11 Å². The molecule has 0 spiro atoms. The molecular weight excluding hydrogens is 379 g/mol. The van der Waals surface area contributed by atoms with E-state index >= 15 is 0 Å². The highest BCUT2D eigenvalue weighted by Gasteiger charge is 2.19. The number of halogens is 1. The Morgan fingerprint density at radius 1 is 1.24 bits per heavy atom. The van der Waals surface area contributed by atoms with E-state index < -0.39 is 23.7 Å². The predicted molar refractivity (Wildman–Crippen MR) is 105 cm³/mol. The van der Waals surface area contributed by atoms with Gasteiger partial charge in [0, 0.05) is 25.4 Å². The molecule has 0 unspecified atom stereocenters. The summed E-state index contributed by atoms with van der Waals surface area (Å²) >= 11 is 0. The largest absolute Gasteiger partial charge is 0.495 e. The quantitative estimate of drug-likeness (QED) is 0.669. The van der Waals surface area contributed by atoms with E-state index in [2.05, 4.69) is 10.3 Å². The molecule has 0 atom stereocenters. The number of ether oxygens (including phenoxy) is 1. The third-order valence-corrected chi connectivity index (χ3v) is 4.67. The van der Waals surface area contributed by atoms with Crippen molar-refractivity contribution in [3.05, 3.63) is 68.2 Å². The highest BCUT2D eigenvalue weighted by molar-refractivity contribution is 5.83. The van der Waals surface area contributed by atoms with E-state index in [9.17, 15) is 18.8 Å². The highest BCUT2D eigenvalue weighted by atomic mass is 19.1. The normalized spacial score (nSPS) is 10.9. The standard InChI is InChI=1S/C20H21FN4O4/c1-4-13-10-23-18-16(17(13)29-3)19(27)25(20(28)24(18)2)11-15(26)22-9-12-5-7-14(21)8-6-12/h5-8,10H,4,9,11H2,1-3H3,(H,22,26). The van der Waals surface area contributed by atoms with Gasteiger partial charge in [0.25, 0.3) is 5.56 Å². The molecule has 29 heavy (non-hydrogen) atoms. The van der Waals surface area contributed by atoms with Crippen molar-refractivity contribution < 1.29 is 13.9 Å². The van der Waals surface area contributed by atoms with Crippen LogP contribution in [0.2, 0.25) is 0 Å². The van der Waals surface area contributed by atoms with Crippen LogP contribution >= 0.6 is 0 Å². The van der Waals surface area contributed by atoms with Crippen LogP contribution < -0.4 is 21.3 Å². The van der Waals surface area contributed by atoms with E-state index in [1.165, 1.54) is 30.9 Å². The Morgan fingerprint density at radius 3 is 2.55 bits per heavy atom. The summed E-state index contributed by atoms with van der Waals surface area (Å²) in [5, 5.41) is 2.78. The fourth-order valence-electron chi connectivity index (χ4n) is 3.09. The van der Waals surface area contributed by atoms with E-state index in [4.69, 9.17) is 4.74 Å². The maximum Gasteiger partial charge on any atom is 0.332 e. The molecule has 0 saturated heterocycles. The second-order valence-electron chi connectivity index (χ2n) is 6.50. The monoisotopic (exact) mass is 400 g/mol. The van der Waals surface area contributed by atoms with E-state index in [1.54, 1.807) is 18.3 Å². The van der Waals surface area contributed by atoms with Crippen molar-refractivity contribution in [1.82, 2.24) is 19.4 Å². The third kappa shape index (κ3) is 3.89. The van der Waals surface area contributed by atoms with Gasteiger partial charge in [-0.1, -0.05) is 19.1 Å². The number of rotatable bonds is 6. The number of carbonyl (C=O) groups is 1. The first-order valence-electron chi connectivity index (χ1n) is 9.03. The molecule has 8 nitrogen and oxygen atoms in total. The molecule has 1 aromatic carbocycles. The zero-order chi connectivity index (χ0) is 21.1. The van der Waals surface area contributed by atoms with Crippen LogP contribution in [-0.4, -0.2) is 27.1 Å². The van der Waals surface area contributed by atoms with Crippen LogP contribution in [0.25, 0.3) is 11.0 Å². The second-order valence-corrected chi connectivity index (χ2v) is 6.50. The van der Waals surface area contributed by atoms with Gasteiger partial charge in [-0.05, 0) is 24.1 Å². The number of aryl methyl sites for hydroxylation is 2. The van der Waals surface area contributed by atoms with Crippen molar-refractivity contribution in [2.45, 2.75) is 26.4 Å². The Kier molecular flexibility index (Phi) is 5.76. The van der Waals surface area contributed by atoms with Gasteiger partial charge in [-0.15, -0.1) is 0 Å². The SMILES string of the molecule is CCc1cnc2c(c1OC)c(=O)n(CC(=O)NCc1ccc(F)cc1)c(=O)n2C. The lowest BCUT2D eigenvalue weighted by Crippen LogP contribution is -2.43. The number of hydrogen-bond donors (Lipinski definition) is 1. The van der Waals surface area contributed by atoms with Crippen LogP contribution in [0.3, 0.4) is 0 Å². The molecular formula is C20H21FN4O4. The van der Waals surface area contributed by atoms with E-state index in [0.29, 0.717) is 17.7 Å². The van der Waals surface area contributed by atoms with E-state index in [0.717, 1.165) is 10.1 Å². The Bertz CT molecular complexity index is 1180. The van der Waals surface area contributed by atoms with Gasteiger partial charge in [0.05, 0.1) is 7.11 Å². The summed E-state index contributed by atoms with van der Waals surface area (Å²) in [5.41, 5.74) is 0.315. The average molecular weight is 400 g/mol. The number of hydrogen-bond acceptors (Lipinski definition) is 5. The minimum atomic E-state index is -0.654. The number of aromatic nitrogens is 3. The van der Waals surface area contributed by atoms with Crippen LogP contribution in [-0.2, 0) is 31.4 Å². The molecule has 0 aliphatic heterocycles. The first kappa shape index (κ1) is 20.2. The lowest BCUT2D eigenvalue weighted by Gasteiger charge is -2.14. The Hall–Kier alpha value is -3.49. The molecule has 1 N–H and O–H groups in total. The molecule has 0 radical (unpaired) electrons. The first-order valence-corrected chi connectivity index (χ1v) is 9.03. The van der Waals surface area contributed by atoms with E-state index in [1.807, 2.05) is 6.92 Å². The first-order chi connectivity index (χ1) is 13.9. The number of amides is 1. The summed E-state index contributed by atoms with van der Waals surface area (Å²) in [6, 6.07) is 5.66. The van der Waals surface area contributed by atoms with E-state index in [-0.39, 0.29) is 23.4 Å². The summed E-state index contributed by atoms with van der Waals surface area (Å²) < 4.78 is 20.4. The number of methoxy groups -OCH3 is 1.